The van der Waals surface area contributed by atoms with Crippen LogP contribution in [0.2, 0.25) is 0 Å². The van der Waals surface area contributed by atoms with Gasteiger partial charge >= 0.3 is 6.03 Å². The van der Waals surface area contributed by atoms with Gasteiger partial charge in [0.15, 0.2) is 0 Å². The van der Waals surface area contributed by atoms with Gasteiger partial charge in [0, 0.05) is 12.6 Å². The van der Waals surface area contributed by atoms with Gasteiger partial charge in [0.05, 0.1) is 12.7 Å². The molecule has 0 spiro atoms. The van der Waals surface area contributed by atoms with Crippen molar-refractivity contribution in [2.24, 2.45) is 0 Å². The van der Waals surface area contributed by atoms with Crippen LogP contribution in [0.4, 0.5) is 4.79 Å². The third-order valence-corrected chi connectivity index (χ3v) is 4.23. The first-order valence-electron chi connectivity index (χ1n) is 8.00. The fourth-order valence-corrected chi connectivity index (χ4v) is 3.11. The van der Waals surface area contributed by atoms with Crippen LogP contribution in [0.15, 0.2) is 0 Å². The third-order valence-electron chi connectivity index (χ3n) is 4.23. The van der Waals surface area contributed by atoms with E-state index in [0.29, 0.717) is 25.3 Å². The number of hydrogen-bond acceptors (Lipinski definition) is 2. The Kier molecular flexibility index (Phi) is 6.48. The van der Waals surface area contributed by atoms with E-state index < -0.39 is 0 Å². The Balaban J connectivity index is 1.48. The van der Waals surface area contributed by atoms with Gasteiger partial charge in [0.25, 0.3) is 0 Å². The SMILES string of the molecule is O=C(NCCOC1CCCCC1)NC1CCCCC1. The summed E-state index contributed by atoms with van der Waals surface area (Å²) in [5.74, 6) is 0. The number of nitrogens with one attached hydrogen (secondary N) is 2. The summed E-state index contributed by atoms with van der Waals surface area (Å²) in [6.45, 7) is 1.26. The number of urea groups is 1. The summed E-state index contributed by atoms with van der Waals surface area (Å²) >= 11 is 0. The van der Waals surface area contributed by atoms with E-state index in [1.165, 1.54) is 51.4 Å². The highest BCUT2D eigenvalue weighted by Crippen LogP contribution is 2.20. The predicted molar refractivity (Wildman–Crippen MR) is 76.2 cm³/mol. The molecule has 0 aromatic carbocycles. The molecule has 2 amide bonds. The Morgan fingerprint density at radius 3 is 2.26 bits per heavy atom. The minimum absolute atomic E-state index is 0.0286. The van der Waals surface area contributed by atoms with E-state index >= 15 is 0 Å². The maximum atomic E-state index is 11.7. The summed E-state index contributed by atoms with van der Waals surface area (Å²) in [4.78, 5) is 11.7. The predicted octanol–water partition coefficient (Wildman–Crippen LogP) is 2.97. The Morgan fingerprint density at radius 1 is 0.947 bits per heavy atom. The van der Waals surface area contributed by atoms with E-state index in [9.17, 15) is 4.79 Å². The molecule has 4 nitrogen and oxygen atoms in total. The lowest BCUT2D eigenvalue weighted by Crippen LogP contribution is -2.44. The second-order valence-electron chi connectivity index (χ2n) is 5.87. The lowest BCUT2D eigenvalue weighted by Gasteiger charge is -2.24. The van der Waals surface area contributed by atoms with E-state index in [2.05, 4.69) is 10.6 Å². The molecule has 2 aliphatic rings. The minimum atomic E-state index is -0.0286. The first kappa shape index (κ1) is 14.6. The lowest BCUT2D eigenvalue weighted by molar-refractivity contribution is 0.0311. The van der Waals surface area contributed by atoms with Crippen LogP contribution in [0.5, 0.6) is 0 Å². The van der Waals surface area contributed by atoms with Crippen molar-refractivity contribution in [3.63, 3.8) is 0 Å². The van der Waals surface area contributed by atoms with Gasteiger partial charge in [-0.2, -0.15) is 0 Å². The Hall–Kier alpha value is -0.770. The number of ether oxygens (including phenoxy) is 1. The zero-order chi connectivity index (χ0) is 13.3. The van der Waals surface area contributed by atoms with Gasteiger partial charge < -0.3 is 15.4 Å². The standard InChI is InChI=1S/C15H28N2O2/c18-15(17-13-7-3-1-4-8-13)16-11-12-19-14-9-5-2-6-10-14/h13-14H,1-12H2,(H2,16,17,18). The highest BCUT2D eigenvalue weighted by molar-refractivity contribution is 5.74. The first-order valence-corrected chi connectivity index (χ1v) is 8.00. The molecule has 0 aromatic rings. The van der Waals surface area contributed by atoms with Gasteiger partial charge in [0.1, 0.15) is 0 Å². The molecule has 19 heavy (non-hydrogen) atoms. The molecule has 0 radical (unpaired) electrons. The van der Waals surface area contributed by atoms with Crippen LogP contribution in [-0.2, 0) is 4.74 Å². The maximum Gasteiger partial charge on any atom is 0.315 e. The van der Waals surface area contributed by atoms with Crippen molar-refractivity contribution in [3.8, 4) is 0 Å². The summed E-state index contributed by atoms with van der Waals surface area (Å²) in [5, 5.41) is 5.95. The molecule has 2 saturated carbocycles. The molecule has 110 valence electrons. The van der Waals surface area contributed by atoms with Crippen molar-refractivity contribution < 1.29 is 9.53 Å². The highest BCUT2D eigenvalue weighted by Gasteiger charge is 2.16. The summed E-state index contributed by atoms with van der Waals surface area (Å²) in [5.41, 5.74) is 0. The molecule has 0 aliphatic heterocycles. The average molecular weight is 268 g/mol. The highest BCUT2D eigenvalue weighted by atomic mass is 16.5. The van der Waals surface area contributed by atoms with E-state index in [0.717, 1.165) is 12.8 Å². The van der Waals surface area contributed by atoms with E-state index in [4.69, 9.17) is 4.74 Å². The molecule has 0 saturated heterocycles. The average Bonchev–Trinajstić information content (AvgIpc) is 2.46. The number of rotatable bonds is 5. The van der Waals surface area contributed by atoms with Gasteiger partial charge in [0.2, 0.25) is 0 Å². The Bertz CT molecular complexity index is 259. The fraction of sp³-hybridized carbons (Fsp3) is 0.933. The van der Waals surface area contributed by atoms with Crippen LogP contribution in [-0.4, -0.2) is 31.3 Å². The molecule has 2 aliphatic carbocycles. The van der Waals surface area contributed by atoms with Crippen molar-refractivity contribution in [1.82, 2.24) is 10.6 Å². The molecular formula is C15H28N2O2. The van der Waals surface area contributed by atoms with Crippen LogP contribution in [0, 0.1) is 0 Å². The van der Waals surface area contributed by atoms with Crippen LogP contribution in [0.3, 0.4) is 0 Å². The molecule has 0 bridgehead atoms. The molecule has 0 aromatic heterocycles. The van der Waals surface area contributed by atoms with Crippen molar-refractivity contribution >= 4 is 6.03 Å². The Labute approximate surface area is 116 Å². The Morgan fingerprint density at radius 2 is 1.58 bits per heavy atom. The van der Waals surface area contributed by atoms with E-state index in [1.807, 2.05) is 0 Å². The van der Waals surface area contributed by atoms with Crippen molar-refractivity contribution in [2.45, 2.75) is 76.4 Å². The fourth-order valence-electron chi connectivity index (χ4n) is 3.11. The summed E-state index contributed by atoms with van der Waals surface area (Å²) in [6, 6.07) is 0.354. The number of hydrogen-bond donors (Lipinski definition) is 2. The van der Waals surface area contributed by atoms with Crippen LogP contribution in [0.1, 0.15) is 64.2 Å². The topological polar surface area (TPSA) is 50.4 Å². The van der Waals surface area contributed by atoms with Gasteiger partial charge in [-0.3, -0.25) is 0 Å². The van der Waals surface area contributed by atoms with Crippen molar-refractivity contribution in [1.29, 1.82) is 0 Å². The smallest absolute Gasteiger partial charge is 0.315 e. The van der Waals surface area contributed by atoms with Gasteiger partial charge in [-0.25, -0.2) is 4.79 Å². The maximum absolute atomic E-state index is 11.7. The summed E-state index contributed by atoms with van der Waals surface area (Å²) in [7, 11) is 0. The molecule has 2 rings (SSSR count). The minimum Gasteiger partial charge on any atom is -0.376 e. The molecule has 0 unspecified atom stereocenters. The number of carbonyl (C=O) groups is 1. The van der Waals surface area contributed by atoms with E-state index in [1.54, 1.807) is 0 Å². The normalized spacial score (nSPS) is 22.1. The quantitative estimate of drug-likeness (QED) is 0.753. The first-order chi connectivity index (χ1) is 9.34. The molecule has 2 N–H and O–H groups in total. The summed E-state index contributed by atoms with van der Waals surface area (Å²) in [6.07, 6.45) is 12.8. The molecule has 0 atom stereocenters. The second-order valence-corrected chi connectivity index (χ2v) is 5.87. The van der Waals surface area contributed by atoms with Crippen LogP contribution < -0.4 is 10.6 Å². The molecule has 0 heterocycles. The van der Waals surface area contributed by atoms with Crippen molar-refractivity contribution in [3.05, 3.63) is 0 Å². The van der Waals surface area contributed by atoms with Crippen LogP contribution in [0.25, 0.3) is 0 Å². The van der Waals surface area contributed by atoms with Crippen molar-refractivity contribution in [2.75, 3.05) is 13.2 Å². The van der Waals surface area contributed by atoms with E-state index in [-0.39, 0.29) is 6.03 Å². The summed E-state index contributed by atoms with van der Waals surface area (Å²) < 4.78 is 5.78. The molecular weight excluding hydrogens is 240 g/mol. The van der Waals surface area contributed by atoms with Gasteiger partial charge in [-0.1, -0.05) is 38.5 Å². The number of amides is 2. The third kappa shape index (κ3) is 5.81. The van der Waals surface area contributed by atoms with Gasteiger partial charge in [-0.15, -0.1) is 0 Å². The van der Waals surface area contributed by atoms with Crippen LogP contribution >= 0.6 is 0 Å². The largest absolute Gasteiger partial charge is 0.376 e. The van der Waals surface area contributed by atoms with Gasteiger partial charge in [-0.05, 0) is 25.7 Å². The monoisotopic (exact) mass is 268 g/mol. The zero-order valence-electron chi connectivity index (χ0n) is 12.0. The zero-order valence-corrected chi connectivity index (χ0v) is 12.0. The number of carbonyl (C=O) groups excluding carboxylic acids is 1. The molecule has 4 heteroatoms. The second kappa shape index (κ2) is 8.41. The molecule has 2 fully saturated rings. The lowest BCUT2D eigenvalue weighted by atomic mass is 9.96.